The highest BCUT2D eigenvalue weighted by Crippen LogP contribution is 1.97. The van der Waals surface area contributed by atoms with E-state index in [4.69, 9.17) is 0 Å². The maximum atomic E-state index is 4.03. The molecule has 1 nitrogen and oxygen atoms in total. The zero-order valence-electron chi connectivity index (χ0n) is 6.53. The second-order valence-electron chi connectivity index (χ2n) is 2.32. The van der Waals surface area contributed by atoms with Crippen LogP contribution in [-0.2, 0) is 6.42 Å². The molecule has 1 aromatic carbocycles. The van der Waals surface area contributed by atoms with Gasteiger partial charge in [0.25, 0.3) is 0 Å². The molecule has 1 aromatic rings. The first-order chi connectivity index (χ1) is 5.43. The first-order valence-electron chi connectivity index (χ1n) is 3.75. The van der Waals surface area contributed by atoms with Gasteiger partial charge in [-0.05, 0) is 12.0 Å². The lowest BCUT2D eigenvalue weighted by molar-refractivity contribution is 0.820. The van der Waals surface area contributed by atoms with E-state index in [2.05, 4.69) is 24.0 Å². The third-order valence-corrected chi connectivity index (χ3v) is 1.50. The molecule has 0 unspecified atom stereocenters. The summed E-state index contributed by atoms with van der Waals surface area (Å²) in [5.74, 6) is 0. The van der Waals surface area contributed by atoms with E-state index in [1.807, 2.05) is 18.2 Å². The van der Waals surface area contributed by atoms with E-state index >= 15 is 0 Å². The second kappa shape index (κ2) is 4.56. The maximum Gasteiger partial charge on any atom is 0.0429 e. The fourth-order valence-corrected chi connectivity index (χ4v) is 0.930. The molecule has 1 radical (unpaired) electrons. The van der Waals surface area contributed by atoms with Crippen LogP contribution in [0.5, 0.6) is 0 Å². The van der Waals surface area contributed by atoms with Gasteiger partial charge in [0.05, 0.1) is 0 Å². The minimum absolute atomic E-state index is 0.841. The fourth-order valence-electron chi connectivity index (χ4n) is 0.930. The lowest BCUT2D eigenvalue weighted by atomic mass is 10.1. The van der Waals surface area contributed by atoms with Gasteiger partial charge in [-0.3, -0.25) is 5.32 Å². The van der Waals surface area contributed by atoms with E-state index in [-0.39, 0.29) is 0 Å². The number of benzene rings is 1. The van der Waals surface area contributed by atoms with E-state index in [0.717, 1.165) is 13.0 Å². The molecular formula is C10H12N. The Balaban J connectivity index is 2.33. The monoisotopic (exact) mass is 146 g/mol. The van der Waals surface area contributed by atoms with Crippen LogP contribution in [0.4, 0.5) is 0 Å². The summed E-state index contributed by atoms with van der Waals surface area (Å²) in [6, 6.07) is 10.3. The van der Waals surface area contributed by atoms with Gasteiger partial charge in [0.15, 0.2) is 0 Å². The van der Waals surface area contributed by atoms with Crippen molar-refractivity contribution in [2.75, 3.05) is 6.54 Å². The molecule has 1 heteroatoms. The highest BCUT2D eigenvalue weighted by atomic mass is 14.8. The third kappa shape index (κ3) is 2.89. The van der Waals surface area contributed by atoms with Crippen molar-refractivity contribution in [3.05, 3.63) is 48.7 Å². The van der Waals surface area contributed by atoms with Crippen molar-refractivity contribution in [3.8, 4) is 0 Å². The smallest absolute Gasteiger partial charge is 0.0429 e. The summed E-state index contributed by atoms with van der Waals surface area (Å²) < 4.78 is 0. The van der Waals surface area contributed by atoms with Crippen LogP contribution in [0.3, 0.4) is 0 Å². The van der Waals surface area contributed by atoms with E-state index in [0.29, 0.717) is 0 Å². The molecule has 0 atom stereocenters. The topological polar surface area (TPSA) is 14.1 Å². The van der Waals surface area contributed by atoms with Crippen LogP contribution in [0.25, 0.3) is 0 Å². The summed E-state index contributed by atoms with van der Waals surface area (Å²) >= 11 is 0. The predicted molar refractivity (Wildman–Crippen MR) is 47.3 cm³/mol. The minimum atomic E-state index is 0.841. The Morgan fingerprint density at radius 2 is 2.00 bits per heavy atom. The van der Waals surface area contributed by atoms with Crippen molar-refractivity contribution >= 4 is 0 Å². The van der Waals surface area contributed by atoms with Gasteiger partial charge in [-0.25, -0.2) is 0 Å². The average molecular weight is 146 g/mol. The van der Waals surface area contributed by atoms with E-state index < -0.39 is 0 Å². The molecule has 0 saturated carbocycles. The van der Waals surface area contributed by atoms with Crippen LogP contribution in [0, 0.1) is 0 Å². The Bertz CT molecular complexity index is 203. The number of nitrogens with zero attached hydrogens (tertiary/aromatic N) is 1. The first-order valence-corrected chi connectivity index (χ1v) is 3.75. The average Bonchev–Trinajstić information content (AvgIpc) is 2.07. The Kier molecular flexibility index (Phi) is 3.26. The number of hydrogen-bond acceptors (Lipinski definition) is 0. The van der Waals surface area contributed by atoms with Crippen molar-refractivity contribution in [2.24, 2.45) is 0 Å². The molecular weight excluding hydrogens is 134 g/mol. The Hall–Kier alpha value is -1.24. The normalized spacial score (nSPS) is 9.09. The summed E-state index contributed by atoms with van der Waals surface area (Å²) in [7, 11) is 0. The zero-order chi connectivity index (χ0) is 7.94. The quantitative estimate of drug-likeness (QED) is 0.577. The van der Waals surface area contributed by atoms with Crippen molar-refractivity contribution in [1.82, 2.24) is 5.32 Å². The van der Waals surface area contributed by atoms with E-state index in [1.165, 1.54) is 5.56 Å². The largest absolute Gasteiger partial charge is 0.293 e. The summed E-state index contributed by atoms with van der Waals surface area (Å²) in [5, 5.41) is 4.03. The van der Waals surface area contributed by atoms with Crippen LogP contribution >= 0.6 is 0 Å². The van der Waals surface area contributed by atoms with Crippen LogP contribution < -0.4 is 5.32 Å². The van der Waals surface area contributed by atoms with Crippen molar-refractivity contribution < 1.29 is 0 Å². The van der Waals surface area contributed by atoms with Gasteiger partial charge in [-0.2, -0.15) is 0 Å². The number of hydrogen-bond donors (Lipinski definition) is 0. The molecule has 0 aromatic heterocycles. The Morgan fingerprint density at radius 1 is 1.27 bits per heavy atom. The third-order valence-electron chi connectivity index (χ3n) is 1.50. The van der Waals surface area contributed by atoms with Crippen molar-refractivity contribution in [3.63, 3.8) is 0 Å². The van der Waals surface area contributed by atoms with Gasteiger partial charge in [0, 0.05) is 12.7 Å². The van der Waals surface area contributed by atoms with E-state index in [1.54, 1.807) is 6.20 Å². The zero-order valence-corrected chi connectivity index (χ0v) is 6.53. The Morgan fingerprint density at radius 3 is 2.64 bits per heavy atom. The van der Waals surface area contributed by atoms with Crippen LogP contribution in [0.2, 0.25) is 0 Å². The standard InChI is InChI=1S/C10H12N/c1-2-11-9-8-10-6-4-3-5-7-10/h2-7H,1,8-9H2. The van der Waals surface area contributed by atoms with Crippen LogP contribution in [-0.4, -0.2) is 6.54 Å². The van der Waals surface area contributed by atoms with E-state index in [9.17, 15) is 0 Å². The first kappa shape index (κ1) is 7.86. The minimum Gasteiger partial charge on any atom is -0.293 e. The molecule has 0 aliphatic carbocycles. The van der Waals surface area contributed by atoms with Crippen molar-refractivity contribution in [1.29, 1.82) is 0 Å². The molecule has 0 aliphatic rings. The second-order valence-corrected chi connectivity index (χ2v) is 2.32. The summed E-state index contributed by atoms with van der Waals surface area (Å²) in [5.41, 5.74) is 1.33. The van der Waals surface area contributed by atoms with Gasteiger partial charge >= 0.3 is 0 Å². The molecule has 0 spiro atoms. The van der Waals surface area contributed by atoms with Gasteiger partial charge in [0.2, 0.25) is 0 Å². The molecule has 0 heterocycles. The maximum absolute atomic E-state index is 4.03. The molecule has 57 valence electrons. The predicted octanol–water partition coefficient (Wildman–Crippen LogP) is 1.98. The molecule has 0 fully saturated rings. The highest BCUT2D eigenvalue weighted by molar-refractivity contribution is 5.14. The molecule has 0 amide bonds. The highest BCUT2D eigenvalue weighted by Gasteiger charge is 1.88. The lowest BCUT2D eigenvalue weighted by Gasteiger charge is -1.97. The molecule has 0 bridgehead atoms. The van der Waals surface area contributed by atoms with Crippen LogP contribution in [0.1, 0.15) is 5.56 Å². The van der Waals surface area contributed by atoms with Gasteiger partial charge in [0.1, 0.15) is 0 Å². The van der Waals surface area contributed by atoms with Gasteiger partial charge < -0.3 is 0 Å². The SMILES string of the molecule is C=C[N]CCc1ccccc1. The molecule has 0 aliphatic heterocycles. The molecule has 11 heavy (non-hydrogen) atoms. The molecule has 0 N–H and O–H groups in total. The Labute approximate surface area is 67.8 Å². The summed E-state index contributed by atoms with van der Waals surface area (Å²) in [4.78, 5) is 0. The molecule has 1 rings (SSSR count). The summed E-state index contributed by atoms with van der Waals surface area (Å²) in [6.07, 6.45) is 2.61. The molecule has 0 saturated heterocycles. The lowest BCUT2D eigenvalue weighted by Crippen LogP contribution is -2.01. The van der Waals surface area contributed by atoms with Gasteiger partial charge in [-0.1, -0.05) is 36.9 Å². The number of rotatable bonds is 4. The van der Waals surface area contributed by atoms with Crippen molar-refractivity contribution in [2.45, 2.75) is 6.42 Å². The van der Waals surface area contributed by atoms with Crippen LogP contribution in [0.15, 0.2) is 43.1 Å². The van der Waals surface area contributed by atoms with Gasteiger partial charge in [-0.15, -0.1) is 0 Å². The fraction of sp³-hybridized carbons (Fsp3) is 0.200. The summed E-state index contributed by atoms with van der Waals surface area (Å²) in [6.45, 7) is 4.37.